The second kappa shape index (κ2) is 5.64. The summed E-state index contributed by atoms with van der Waals surface area (Å²) in [5, 5.41) is 8.83. The summed E-state index contributed by atoms with van der Waals surface area (Å²) in [6, 6.07) is 6.21. The maximum absolute atomic E-state index is 13.1. The smallest absolute Gasteiger partial charge is 0.303 e. The van der Waals surface area contributed by atoms with Gasteiger partial charge < -0.3 is 5.11 Å². The predicted molar refractivity (Wildman–Crippen MR) is 60.8 cm³/mol. The molecule has 0 bridgehead atoms. The van der Waals surface area contributed by atoms with Crippen LogP contribution in [0.1, 0.15) is 38.2 Å². The van der Waals surface area contributed by atoms with Crippen molar-refractivity contribution in [1.29, 1.82) is 0 Å². The minimum atomic E-state index is -0.838. The summed E-state index contributed by atoms with van der Waals surface area (Å²) in [7, 11) is 0. The summed E-state index contributed by atoms with van der Waals surface area (Å²) >= 11 is 0. The van der Waals surface area contributed by atoms with Crippen LogP contribution in [-0.4, -0.2) is 11.1 Å². The lowest BCUT2D eigenvalue weighted by molar-refractivity contribution is -0.137. The van der Waals surface area contributed by atoms with Gasteiger partial charge in [0.2, 0.25) is 0 Å². The molecule has 1 rings (SSSR count). The Hall–Kier alpha value is -1.38. The Balaban J connectivity index is 2.86. The first-order valence-corrected chi connectivity index (χ1v) is 5.46. The van der Waals surface area contributed by atoms with E-state index in [1.165, 1.54) is 12.1 Å². The molecule has 1 atom stereocenters. The van der Waals surface area contributed by atoms with Crippen LogP contribution in [0.4, 0.5) is 4.39 Å². The molecule has 0 amide bonds. The van der Waals surface area contributed by atoms with E-state index in [2.05, 4.69) is 0 Å². The van der Waals surface area contributed by atoms with Gasteiger partial charge in [-0.15, -0.1) is 0 Å². The Morgan fingerprint density at radius 2 is 2.12 bits per heavy atom. The summed E-state index contributed by atoms with van der Waals surface area (Å²) in [5.41, 5.74) is 0.774. The molecule has 0 aliphatic rings. The van der Waals surface area contributed by atoms with Gasteiger partial charge in [0.25, 0.3) is 0 Å². The van der Waals surface area contributed by atoms with Crippen molar-refractivity contribution in [2.24, 2.45) is 5.92 Å². The molecule has 0 aliphatic heterocycles. The second-order valence-electron chi connectivity index (χ2n) is 4.48. The number of hydrogen-bond donors (Lipinski definition) is 1. The molecule has 0 fully saturated rings. The van der Waals surface area contributed by atoms with E-state index in [0.29, 0.717) is 5.92 Å². The van der Waals surface area contributed by atoms with Gasteiger partial charge in [-0.25, -0.2) is 4.39 Å². The molecule has 88 valence electrons. The molecule has 2 nitrogen and oxygen atoms in total. The van der Waals surface area contributed by atoms with E-state index < -0.39 is 5.97 Å². The highest BCUT2D eigenvalue weighted by Gasteiger charge is 2.17. The van der Waals surface area contributed by atoms with E-state index in [4.69, 9.17) is 5.11 Å². The van der Waals surface area contributed by atoms with E-state index in [1.807, 2.05) is 13.8 Å². The third-order valence-electron chi connectivity index (χ3n) is 2.50. The number of carbonyl (C=O) groups is 1. The van der Waals surface area contributed by atoms with Crippen LogP contribution < -0.4 is 0 Å². The number of carboxylic acid groups (broad SMARTS) is 1. The fraction of sp³-hybridized carbons (Fsp3) is 0.462. The maximum Gasteiger partial charge on any atom is 0.303 e. The molecule has 1 unspecified atom stereocenters. The average Bonchev–Trinajstić information content (AvgIpc) is 2.15. The van der Waals surface area contributed by atoms with Crippen LogP contribution in [-0.2, 0) is 4.79 Å². The van der Waals surface area contributed by atoms with E-state index in [0.717, 1.165) is 12.0 Å². The zero-order chi connectivity index (χ0) is 12.1. The van der Waals surface area contributed by atoms with Gasteiger partial charge in [0, 0.05) is 0 Å². The number of hydrogen-bond acceptors (Lipinski definition) is 1. The van der Waals surface area contributed by atoms with Crippen LogP contribution >= 0.6 is 0 Å². The minimum Gasteiger partial charge on any atom is -0.481 e. The lowest BCUT2D eigenvalue weighted by atomic mass is 9.88. The zero-order valence-electron chi connectivity index (χ0n) is 9.61. The standard InChI is InChI=1S/C13H17FO2/c1-9(2)6-11(8-13(15)16)10-4-3-5-12(14)7-10/h3-5,7,9,11H,6,8H2,1-2H3,(H,15,16). The molecule has 0 spiro atoms. The molecule has 16 heavy (non-hydrogen) atoms. The number of benzene rings is 1. The van der Waals surface area contributed by atoms with Gasteiger partial charge in [-0.1, -0.05) is 26.0 Å². The van der Waals surface area contributed by atoms with Crippen LogP contribution in [0.15, 0.2) is 24.3 Å². The van der Waals surface area contributed by atoms with Crippen LogP contribution in [0.2, 0.25) is 0 Å². The maximum atomic E-state index is 13.1. The molecule has 3 heteroatoms. The Labute approximate surface area is 95.1 Å². The van der Waals surface area contributed by atoms with Gasteiger partial charge in [0.05, 0.1) is 6.42 Å². The third kappa shape index (κ3) is 4.01. The SMILES string of the molecule is CC(C)CC(CC(=O)O)c1cccc(F)c1. The number of halogens is 1. The van der Waals surface area contributed by atoms with Crippen molar-refractivity contribution in [2.45, 2.75) is 32.6 Å². The Kier molecular flexibility index (Phi) is 4.47. The molecule has 0 heterocycles. The lowest BCUT2D eigenvalue weighted by Crippen LogP contribution is -2.09. The Morgan fingerprint density at radius 3 is 2.62 bits per heavy atom. The van der Waals surface area contributed by atoms with Crippen LogP contribution in [0.25, 0.3) is 0 Å². The first-order valence-electron chi connectivity index (χ1n) is 5.46. The summed E-state index contributed by atoms with van der Waals surface area (Å²) in [6.07, 6.45) is 0.817. The van der Waals surface area contributed by atoms with Gasteiger partial charge in [-0.3, -0.25) is 4.79 Å². The van der Waals surface area contributed by atoms with E-state index in [9.17, 15) is 9.18 Å². The average molecular weight is 224 g/mol. The first kappa shape index (κ1) is 12.7. The quantitative estimate of drug-likeness (QED) is 0.832. The summed E-state index contributed by atoms with van der Waals surface area (Å²) in [6.45, 7) is 4.07. The molecule has 0 aromatic heterocycles. The highest BCUT2D eigenvalue weighted by atomic mass is 19.1. The van der Waals surface area contributed by atoms with Crippen LogP contribution in [0.3, 0.4) is 0 Å². The van der Waals surface area contributed by atoms with Crippen molar-refractivity contribution < 1.29 is 14.3 Å². The Morgan fingerprint density at radius 1 is 1.44 bits per heavy atom. The van der Waals surface area contributed by atoms with Gasteiger partial charge >= 0.3 is 5.97 Å². The highest BCUT2D eigenvalue weighted by Crippen LogP contribution is 2.27. The van der Waals surface area contributed by atoms with Crippen molar-refractivity contribution in [2.75, 3.05) is 0 Å². The molecule has 1 N–H and O–H groups in total. The highest BCUT2D eigenvalue weighted by molar-refractivity contribution is 5.68. The van der Waals surface area contributed by atoms with E-state index in [-0.39, 0.29) is 18.2 Å². The number of rotatable bonds is 5. The van der Waals surface area contributed by atoms with Crippen molar-refractivity contribution in [3.05, 3.63) is 35.6 Å². The van der Waals surface area contributed by atoms with Gasteiger partial charge in [0.15, 0.2) is 0 Å². The van der Waals surface area contributed by atoms with Gasteiger partial charge in [-0.2, -0.15) is 0 Å². The van der Waals surface area contributed by atoms with Crippen molar-refractivity contribution in [1.82, 2.24) is 0 Å². The zero-order valence-corrected chi connectivity index (χ0v) is 9.61. The Bertz CT molecular complexity index is 361. The monoisotopic (exact) mass is 224 g/mol. The minimum absolute atomic E-state index is 0.0572. The summed E-state index contributed by atoms with van der Waals surface area (Å²) < 4.78 is 13.1. The van der Waals surface area contributed by atoms with Crippen molar-refractivity contribution in [3.8, 4) is 0 Å². The van der Waals surface area contributed by atoms with Crippen molar-refractivity contribution >= 4 is 5.97 Å². The number of carboxylic acids is 1. The predicted octanol–water partition coefficient (Wildman–Crippen LogP) is 3.43. The first-order chi connectivity index (χ1) is 7.49. The molecule has 0 radical (unpaired) electrons. The van der Waals surface area contributed by atoms with E-state index in [1.54, 1.807) is 12.1 Å². The third-order valence-corrected chi connectivity index (χ3v) is 2.50. The lowest BCUT2D eigenvalue weighted by Gasteiger charge is -2.17. The molecular weight excluding hydrogens is 207 g/mol. The molecular formula is C13H17FO2. The molecule has 1 aromatic carbocycles. The van der Waals surface area contributed by atoms with Crippen molar-refractivity contribution in [3.63, 3.8) is 0 Å². The fourth-order valence-corrected chi connectivity index (χ4v) is 1.88. The van der Waals surface area contributed by atoms with Crippen LogP contribution in [0.5, 0.6) is 0 Å². The van der Waals surface area contributed by atoms with E-state index >= 15 is 0 Å². The summed E-state index contributed by atoms with van der Waals surface area (Å²) in [5.74, 6) is -0.854. The molecule has 0 saturated carbocycles. The largest absolute Gasteiger partial charge is 0.481 e. The van der Waals surface area contributed by atoms with Gasteiger partial charge in [-0.05, 0) is 36.0 Å². The van der Waals surface area contributed by atoms with Gasteiger partial charge in [0.1, 0.15) is 5.82 Å². The normalized spacial score (nSPS) is 12.8. The second-order valence-corrected chi connectivity index (χ2v) is 4.48. The molecule has 0 saturated heterocycles. The van der Waals surface area contributed by atoms with Crippen LogP contribution in [0, 0.1) is 11.7 Å². The number of aliphatic carboxylic acids is 1. The molecule has 1 aromatic rings. The topological polar surface area (TPSA) is 37.3 Å². The molecule has 0 aliphatic carbocycles. The fourth-order valence-electron chi connectivity index (χ4n) is 1.88. The summed E-state index contributed by atoms with van der Waals surface area (Å²) in [4.78, 5) is 10.8.